The van der Waals surface area contributed by atoms with Crippen LogP contribution in [0.1, 0.15) is 38.5 Å². The molecule has 0 aliphatic carbocycles. The quantitative estimate of drug-likeness (QED) is 0.625. The predicted octanol–water partition coefficient (Wildman–Crippen LogP) is 2.72. The zero-order valence-corrected chi connectivity index (χ0v) is 15.0. The van der Waals surface area contributed by atoms with Crippen molar-refractivity contribution in [2.45, 2.75) is 52.1 Å². The number of likely N-dealkylation sites (tertiary alicyclic amines) is 1. The van der Waals surface area contributed by atoms with Crippen molar-refractivity contribution in [2.24, 2.45) is 4.99 Å². The van der Waals surface area contributed by atoms with Crippen molar-refractivity contribution < 1.29 is 0 Å². The third-order valence-electron chi connectivity index (χ3n) is 4.15. The number of nitrogens with zero attached hydrogens (tertiary/aromatic N) is 2. The molecule has 1 aromatic rings. The molecule has 0 spiro atoms. The van der Waals surface area contributed by atoms with Crippen LogP contribution in [-0.2, 0) is 6.42 Å². The lowest BCUT2D eigenvalue weighted by molar-refractivity contribution is 0.167. The van der Waals surface area contributed by atoms with Gasteiger partial charge in [-0.1, -0.05) is 6.07 Å². The van der Waals surface area contributed by atoms with Gasteiger partial charge in [0.1, 0.15) is 0 Å². The molecule has 0 saturated carbocycles. The Balaban J connectivity index is 1.78. The van der Waals surface area contributed by atoms with Crippen LogP contribution < -0.4 is 10.6 Å². The van der Waals surface area contributed by atoms with E-state index in [9.17, 15) is 0 Å². The lowest BCUT2D eigenvalue weighted by atomic mass is 10.0. The number of rotatable bonds is 6. The molecule has 0 aromatic carbocycles. The lowest BCUT2D eigenvalue weighted by Gasteiger charge is -2.35. The fraction of sp³-hybridized carbons (Fsp3) is 0.706. The number of aliphatic imine (C=N–C) groups is 1. The summed E-state index contributed by atoms with van der Waals surface area (Å²) in [5.41, 5.74) is 0. The smallest absolute Gasteiger partial charge is 0.191 e. The second kappa shape index (κ2) is 9.16. The maximum atomic E-state index is 4.72. The molecule has 0 atom stereocenters. The zero-order chi connectivity index (χ0) is 15.8. The summed E-state index contributed by atoms with van der Waals surface area (Å²) in [4.78, 5) is 8.69. The van der Waals surface area contributed by atoms with Gasteiger partial charge in [-0.15, -0.1) is 11.3 Å². The van der Waals surface area contributed by atoms with Crippen molar-refractivity contribution in [3.8, 4) is 0 Å². The number of piperidine rings is 1. The summed E-state index contributed by atoms with van der Waals surface area (Å²) in [5.74, 6) is 0.974. The van der Waals surface area contributed by atoms with Crippen LogP contribution in [0.5, 0.6) is 0 Å². The maximum Gasteiger partial charge on any atom is 0.191 e. The van der Waals surface area contributed by atoms with E-state index in [4.69, 9.17) is 4.99 Å². The molecule has 124 valence electrons. The number of hydrogen-bond acceptors (Lipinski definition) is 3. The van der Waals surface area contributed by atoms with Crippen molar-refractivity contribution in [1.29, 1.82) is 0 Å². The lowest BCUT2D eigenvalue weighted by Crippen LogP contribution is -2.49. The standard InChI is InChI=1S/C17H30N4S/c1-4-18-17(19-10-7-16-6-5-13-22-16)20-15-8-11-21(12-9-15)14(2)3/h5-6,13-15H,4,7-12H2,1-3H3,(H2,18,19,20). The first-order valence-corrected chi connectivity index (χ1v) is 9.38. The third-order valence-corrected chi connectivity index (χ3v) is 5.09. The molecule has 0 radical (unpaired) electrons. The molecule has 0 unspecified atom stereocenters. The van der Waals surface area contributed by atoms with Gasteiger partial charge < -0.3 is 15.5 Å². The summed E-state index contributed by atoms with van der Waals surface area (Å²) in [6.07, 6.45) is 3.43. The predicted molar refractivity (Wildman–Crippen MR) is 96.9 cm³/mol. The van der Waals surface area contributed by atoms with Gasteiger partial charge in [-0.05, 0) is 45.1 Å². The van der Waals surface area contributed by atoms with E-state index in [2.05, 4.69) is 53.8 Å². The molecule has 1 aliphatic rings. The van der Waals surface area contributed by atoms with Gasteiger partial charge in [0, 0.05) is 49.6 Å². The molecule has 2 rings (SSSR count). The van der Waals surface area contributed by atoms with E-state index in [1.54, 1.807) is 0 Å². The van der Waals surface area contributed by atoms with Crippen molar-refractivity contribution in [2.75, 3.05) is 26.2 Å². The molecule has 1 fully saturated rings. The van der Waals surface area contributed by atoms with Crippen LogP contribution in [0.3, 0.4) is 0 Å². The molecule has 4 nitrogen and oxygen atoms in total. The van der Waals surface area contributed by atoms with E-state index in [1.807, 2.05) is 11.3 Å². The van der Waals surface area contributed by atoms with Crippen molar-refractivity contribution in [3.63, 3.8) is 0 Å². The summed E-state index contributed by atoms with van der Waals surface area (Å²) < 4.78 is 0. The van der Waals surface area contributed by atoms with Gasteiger partial charge in [-0.3, -0.25) is 4.99 Å². The molecule has 22 heavy (non-hydrogen) atoms. The summed E-state index contributed by atoms with van der Waals surface area (Å²) >= 11 is 1.81. The Labute approximate surface area is 139 Å². The average Bonchev–Trinajstić information content (AvgIpc) is 3.01. The van der Waals surface area contributed by atoms with Crippen LogP contribution in [0.2, 0.25) is 0 Å². The Hall–Kier alpha value is -1.07. The van der Waals surface area contributed by atoms with Gasteiger partial charge in [-0.2, -0.15) is 0 Å². The molecule has 0 bridgehead atoms. The highest BCUT2D eigenvalue weighted by Gasteiger charge is 2.21. The highest BCUT2D eigenvalue weighted by molar-refractivity contribution is 7.09. The molecule has 1 saturated heterocycles. The minimum absolute atomic E-state index is 0.550. The summed E-state index contributed by atoms with van der Waals surface area (Å²) in [7, 11) is 0. The molecule has 0 amide bonds. The van der Waals surface area contributed by atoms with Gasteiger partial charge >= 0.3 is 0 Å². The van der Waals surface area contributed by atoms with Gasteiger partial charge in [0.25, 0.3) is 0 Å². The Bertz CT molecular complexity index is 434. The minimum Gasteiger partial charge on any atom is -0.357 e. The summed E-state index contributed by atoms with van der Waals surface area (Å²) in [6.45, 7) is 10.8. The first-order valence-electron chi connectivity index (χ1n) is 8.50. The highest BCUT2D eigenvalue weighted by Crippen LogP contribution is 2.13. The van der Waals surface area contributed by atoms with Crippen LogP contribution in [-0.4, -0.2) is 49.1 Å². The van der Waals surface area contributed by atoms with Crippen molar-refractivity contribution in [3.05, 3.63) is 22.4 Å². The Kier molecular flexibility index (Phi) is 7.19. The number of guanidine groups is 1. The third kappa shape index (κ3) is 5.61. The maximum absolute atomic E-state index is 4.72. The molecular weight excluding hydrogens is 292 g/mol. The van der Waals surface area contributed by atoms with Gasteiger partial charge in [0.15, 0.2) is 5.96 Å². The molecule has 5 heteroatoms. The monoisotopic (exact) mass is 322 g/mol. The van der Waals surface area contributed by atoms with Crippen LogP contribution in [0.25, 0.3) is 0 Å². The van der Waals surface area contributed by atoms with E-state index in [0.29, 0.717) is 12.1 Å². The fourth-order valence-electron chi connectivity index (χ4n) is 2.81. The largest absolute Gasteiger partial charge is 0.357 e. The van der Waals surface area contributed by atoms with Crippen LogP contribution >= 0.6 is 11.3 Å². The molecule has 1 aliphatic heterocycles. The zero-order valence-electron chi connectivity index (χ0n) is 14.1. The van der Waals surface area contributed by atoms with E-state index in [1.165, 1.54) is 30.8 Å². The Morgan fingerprint density at radius 1 is 1.41 bits per heavy atom. The topological polar surface area (TPSA) is 39.7 Å². The fourth-order valence-corrected chi connectivity index (χ4v) is 3.50. The summed E-state index contributed by atoms with van der Waals surface area (Å²) in [6, 6.07) is 5.50. The Morgan fingerprint density at radius 3 is 2.77 bits per heavy atom. The van der Waals surface area contributed by atoms with E-state index < -0.39 is 0 Å². The number of hydrogen-bond donors (Lipinski definition) is 2. The molecule has 2 N–H and O–H groups in total. The second-order valence-electron chi connectivity index (χ2n) is 6.14. The van der Waals surface area contributed by atoms with Crippen LogP contribution in [0.15, 0.2) is 22.5 Å². The van der Waals surface area contributed by atoms with Gasteiger partial charge in [0.05, 0.1) is 0 Å². The van der Waals surface area contributed by atoms with E-state index >= 15 is 0 Å². The number of nitrogens with one attached hydrogen (secondary N) is 2. The van der Waals surface area contributed by atoms with E-state index in [-0.39, 0.29) is 0 Å². The molecule has 2 heterocycles. The Morgan fingerprint density at radius 2 is 2.18 bits per heavy atom. The van der Waals surface area contributed by atoms with Crippen molar-refractivity contribution >= 4 is 17.3 Å². The second-order valence-corrected chi connectivity index (χ2v) is 7.17. The minimum atomic E-state index is 0.550. The van der Waals surface area contributed by atoms with E-state index in [0.717, 1.165) is 25.5 Å². The van der Waals surface area contributed by atoms with Gasteiger partial charge in [0.2, 0.25) is 0 Å². The first-order chi connectivity index (χ1) is 10.7. The first kappa shape index (κ1) is 17.3. The number of thiophene rings is 1. The van der Waals surface area contributed by atoms with Crippen LogP contribution in [0, 0.1) is 0 Å². The van der Waals surface area contributed by atoms with Gasteiger partial charge in [-0.25, -0.2) is 0 Å². The van der Waals surface area contributed by atoms with Crippen LogP contribution in [0.4, 0.5) is 0 Å². The molecular formula is C17H30N4S. The molecule has 1 aromatic heterocycles. The SMILES string of the molecule is CCNC(=NCCc1cccs1)NC1CCN(C(C)C)CC1. The van der Waals surface area contributed by atoms with Crippen molar-refractivity contribution in [1.82, 2.24) is 15.5 Å². The average molecular weight is 323 g/mol. The summed E-state index contributed by atoms with van der Waals surface area (Å²) in [5, 5.41) is 9.11. The highest BCUT2D eigenvalue weighted by atomic mass is 32.1. The normalized spacial score (nSPS) is 17.9.